The number of amides is 3. The van der Waals surface area contributed by atoms with Crippen molar-refractivity contribution in [2.75, 3.05) is 19.6 Å². The van der Waals surface area contributed by atoms with E-state index in [0.717, 1.165) is 0 Å². The number of nitrogens with one attached hydrogen (secondary N) is 3. The van der Waals surface area contributed by atoms with Gasteiger partial charge in [0.05, 0.1) is 0 Å². The van der Waals surface area contributed by atoms with Crippen LogP contribution in [0.3, 0.4) is 0 Å². The van der Waals surface area contributed by atoms with Gasteiger partial charge < -0.3 is 14.2 Å². The van der Waals surface area contributed by atoms with Crippen LogP contribution in [0.25, 0.3) is 0 Å². The zero-order valence-corrected chi connectivity index (χ0v) is 24.4. The summed E-state index contributed by atoms with van der Waals surface area (Å²) in [5.74, 6) is 0. The van der Waals surface area contributed by atoms with Crippen LogP contribution >= 0.6 is 0 Å². The van der Waals surface area contributed by atoms with Gasteiger partial charge in [0.25, 0.3) is 0 Å². The normalized spacial score (nSPS) is 13.7. The number of hydrogen-bond acceptors (Lipinski definition) is 10. The van der Waals surface area contributed by atoms with Crippen LogP contribution < -0.4 is 16.3 Å². The molecule has 0 spiro atoms. The van der Waals surface area contributed by atoms with Gasteiger partial charge in [0.2, 0.25) is 0 Å². The van der Waals surface area contributed by atoms with Crippen molar-refractivity contribution in [3.05, 3.63) is 0 Å². The molecule has 0 fully saturated rings. The molecular weight excluding hydrogens is 482 g/mol. The summed E-state index contributed by atoms with van der Waals surface area (Å²) in [6, 6.07) is 0. The number of rotatable bonds is 9. The van der Waals surface area contributed by atoms with E-state index in [1.54, 1.807) is 83.1 Å². The van der Waals surface area contributed by atoms with E-state index < -0.39 is 35.1 Å². The molecule has 0 aromatic carbocycles. The molecule has 0 aromatic heterocycles. The third-order valence-electron chi connectivity index (χ3n) is 3.57. The summed E-state index contributed by atoms with van der Waals surface area (Å²) in [5, 5.41) is 12.2. The first-order chi connectivity index (χ1) is 16.6. The fraction of sp³-hybridized carbons (Fsp3) is 0.750. The molecule has 13 heteroatoms. The fourth-order valence-corrected chi connectivity index (χ4v) is 2.57. The van der Waals surface area contributed by atoms with Gasteiger partial charge in [0, 0.05) is 36.8 Å². The molecule has 3 N–H and O–H groups in total. The van der Waals surface area contributed by atoms with E-state index in [1.807, 2.05) is 4.90 Å². The van der Waals surface area contributed by atoms with Crippen LogP contribution in [0.4, 0.5) is 14.4 Å². The van der Waals surface area contributed by atoms with E-state index in [4.69, 9.17) is 14.2 Å². The molecule has 0 bridgehead atoms. The van der Waals surface area contributed by atoms with Gasteiger partial charge in [-0.1, -0.05) is 0 Å². The second-order valence-electron chi connectivity index (χ2n) is 11.5. The highest BCUT2D eigenvalue weighted by Crippen LogP contribution is 2.08. The smallest absolute Gasteiger partial charge is 0.428 e. The summed E-state index contributed by atoms with van der Waals surface area (Å²) >= 11 is 0. The molecule has 0 aliphatic carbocycles. The highest BCUT2D eigenvalue weighted by molar-refractivity contribution is 5.90. The first-order valence-corrected chi connectivity index (χ1v) is 11.9. The molecule has 13 nitrogen and oxygen atoms in total. The van der Waals surface area contributed by atoms with Crippen molar-refractivity contribution < 1.29 is 28.6 Å². The molecule has 37 heavy (non-hydrogen) atoms. The average molecular weight is 528 g/mol. The molecule has 0 aliphatic heterocycles. The lowest BCUT2D eigenvalue weighted by molar-refractivity contribution is 0.0518. The summed E-state index contributed by atoms with van der Waals surface area (Å²) in [6.45, 7) is 22.0. The fourth-order valence-electron chi connectivity index (χ4n) is 2.57. The summed E-state index contributed by atoms with van der Waals surface area (Å²) in [4.78, 5) is 37.6. The molecule has 0 atom stereocenters. The SMILES string of the molecule is C/C(CN(C/C(C)=N\NC(=O)OC(C)(C)C)C/C(C)=N/NC(=O)OC(C)(C)C)=N/NC(=O)OC(C)(C)C. The van der Waals surface area contributed by atoms with Gasteiger partial charge in [-0.2, -0.15) is 15.3 Å². The van der Waals surface area contributed by atoms with E-state index in [0.29, 0.717) is 36.8 Å². The third-order valence-corrected chi connectivity index (χ3v) is 3.57. The van der Waals surface area contributed by atoms with Crippen LogP contribution in [0.2, 0.25) is 0 Å². The lowest BCUT2D eigenvalue weighted by Crippen LogP contribution is -2.39. The summed E-state index contributed by atoms with van der Waals surface area (Å²) in [5.41, 5.74) is 6.88. The minimum absolute atomic E-state index is 0.314. The van der Waals surface area contributed by atoms with Gasteiger partial charge >= 0.3 is 18.3 Å². The number of hydrogen-bond donors (Lipinski definition) is 3. The highest BCUT2D eigenvalue weighted by atomic mass is 16.6. The predicted molar refractivity (Wildman–Crippen MR) is 144 cm³/mol. The average Bonchev–Trinajstić information content (AvgIpc) is 2.65. The number of nitrogens with zero attached hydrogens (tertiary/aromatic N) is 4. The maximum absolute atomic E-state index is 11.9. The highest BCUT2D eigenvalue weighted by Gasteiger charge is 2.18. The van der Waals surface area contributed by atoms with Crippen LogP contribution in [-0.4, -0.2) is 76.8 Å². The third kappa shape index (κ3) is 20.7. The van der Waals surface area contributed by atoms with Crippen LogP contribution in [0, 0.1) is 0 Å². The van der Waals surface area contributed by atoms with Crippen LogP contribution in [0.1, 0.15) is 83.1 Å². The van der Waals surface area contributed by atoms with E-state index in [9.17, 15) is 14.4 Å². The second-order valence-corrected chi connectivity index (χ2v) is 11.5. The first kappa shape index (κ1) is 33.8. The van der Waals surface area contributed by atoms with Crippen molar-refractivity contribution in [3.8, 4) is 0 Å². The molecule has 0 radical (unpaired) electrons. The molecule has 0 aromatic rings. The Balaban J connectivity index is 5.40. The largest absolute Gasteiger partial charge is 0.443 e. The molecule has 0 rings (SSSR count). The van der Waals surface area contributed by atoms with Gasteiger partial charge in [0.15, 0.2) is 0 Å². The van der Waals surface area contributed by atoms with Crippen molar-refractivity contribution >= 4 is 35.4 Å². The van der Waals surface area contributed by atoms with Crippen molar-refractivity contribution in [1.82, 2.24) is 21.2 Å². The van der Waals surface area contributed by atoms with Crippen molar-refractivity contribution in [1.29, 1.82) is 0 Å². The zero-order valence-electron chi connectivity index (χ0n) is 24.4. The second kappa shape index (κ2) is 14.5. The maximum atomic E-state index is 11.9. The lowest BCUT2D eigenvalue weighted by atomic mass is 10.2. The van der Waals surface area contributed by atoms with Gasteiger partial charge in [-0.3, -0.25) is 4.90 Å². The van der Waals surface area contributed by atoms with Crippen LogP contribution in [0.5, 0.6) is 0 Å². The molecule has 0 saturated carbocycles. The van der Waals surface area contributed by atoms with Crippen molar-refractivity contribution in [2.45, 2.75) is 99.9 Å². The number of ether oxygens (including phenoxy) is 3. The minimum Gasteiger partial charge on any atom is -0.443 e. The van der Waals surface area contributed by atoms with E-state index >= 15 is 0 Å². The van der Waals surface area contributed by atoms with E-state index in [-0.39, 0.29) is 0 Å². The zero-order chi connectivity index (χ0) is 29.0. The number of carbonyl (C=O) groups excluding carboxylic acids is 3. The van der Waals surface area contributed by atoms with Crippen LogP contribution in [-0.2, 0) is 14.2 Å². The van der Waals surface area contributed by atoms with Crippen molar-refractivity contribution in [2.24, 2.45) is 15.3 Å². The molecule has 0 aliphatic rings. The lowest BCUT2D eigenvalue weighted by Gasteiger charge is -2.23. The monoisotopic (exact) mass is 527 g/mol. The summed E-state index contributed by atoms with van der Waals surface area (Å²) in [7, 11) is 0. The Morgan fingerprint density at radius 3 is 0.946 bits per heavy atom. The van der Waals surface area contributed by atoms with Gasteiger partial charge in [0.1, 0.15) is 16.8 Å². The Bertz CT molecular complexity index is 763. The van der Waals surface area contributed by atoms with Gasteiger partial charge in [-0.25, -0.2) is 30.7 Å². The molecule has 0 heterocycles. The molecule has 3 amide bonds. The summed E-state index contributed by atoms with van der Waals surface area (Å²) in [6.07, 6.45) is -2.01. The first-order valence-electron chi connectivity index (χ1n) is 11.9. The molecular formula is C24H45N7O6. The number of hydrazone groups is 3. The predicted octanol–water partition coefficient (Wildman–Crippen LogP) is 3.99. The maximum Gasteiger partial charge on any atom is 0.428 e. The van der Waals surface area contributed by atoms with E-state index in [2.05, 4.69) is 31.6 Å². The van der Waals surface area contributed by atoms with Gasteiger partial charge in [-0.15, -0.1) is 0 Å². The number of carbonyl (C=O) groups is 3. The Kier molecular flexibility index (Phi) is 13.2. The standard InChI is InChI=1S/C24H45N7O6/c1-16(25-28-19(32)35-22(4,5)6)13-31(14-17(2)26-29-20(33)36-23(7,8)9)15-18(3)27-30-21(34)37-24(10,11)12/h13-15H2,1-12H3,(H,28,32)(H,29,33)(H,30,34)/b25-16-,26-17-,27-18+. The Morgan fingerprint density at radius 2 is 0.757 bits per heavy atom. The Labute approximate surface area is 220 Å². The molecule has 0 saturated heterocycles. The van der Waals surface area contributed by atoms with E-state index in [1.165, 1.54) is 0 Å². The summed E-state index contributed by atoms with van der Waals surface area (Å²) < 4.78 is 15.6. The van der Waals surface area contributed by atoms with Crippen molar-refractivity contribution in [3.63, 3.8) is 0 Å². The molecule has 0 unspecified atom stereocenters. The molecule has 212 valence electrons. The topological polar surface area (TPSA) is 155 Å². The quantitative estimate of drug-likeness (QED) is 0.232. The Morgan fingerprint density at radius 1 is 0.541 bits per heavy atom. The van der Waals surface area contributed by atoms with Gasteiger partial charge in [-0.05, 0) is 83.1 Å². The Hall–Kier alpha value is -3.22. The van der Waals surface area contributed by atoms with Crippen LogP contribution in [0.15, 0.2) is 15.3 Å². The minimum atomic E-state index is -0.669.